The molecule has 0 amide bonds. The Labute approximate surface area is 164 Å². The second kappa shape index (κ2) is 8.09. The van der Waals surface area contributed by atoms with Gasteiger partial charge in [0.25, 0.3) is 5.95 Å². The van der Waals surface area contributed by atoms with Crippen LogP contribution >= 0.6 is 0 Å². The third kappa shape index (κ3) is 4.14. The lowest BCUT2D eigenvalue weighted by molar-refractivity contribution is -0.402. The van der Waals surface area contributed by atoms with Gasteiger partial charge in [-0.3, -0.25) is 10.1 Å². The van der Waals surface area contributed by atoms with Gasteiger partial charge < -0.3 is 4.42 Å². The van der Waals surface area contributed by atoms with Crippen molar-refractivity contribution in [1.29, 1.82) is 0 Å². The smallest absolute Gasteiger partial charge is 0.400 e. The maximum atomic E-state index is 10.7. The van der Waals surface area contributed by atoms with Gasteiger partial charge >= 0.3 is 5.88 Å². The number of furan rings is 1. The first-order chi connectivity index (χ1) is 14.2. The van der Waals surface area contributed by atoms with Gasteiger partial charge in [-0.2, -0.15) is 5.10 Å². The highest BCUT2D eigenvalue weighted by atomic mass is 16.6. The van der Waals surface area contributed by atoms with Crippen molar-refractivity contribution in [2.24, 2.45) is 5.10 Å². The highest BCUT2D eigenvalue weighted by Crippen LogP contribution is 2.28. The summed E-state index contributed by atoms with van der Waals surface area (Å²) in [5.74, 6) is 0.0464. The first-order valence-electron chi connectivity index (χ1n) is 8.59. The monoisotopic (exact) mass is 386 g/mol. The number of hydrazone groups is 1. The number of hydrogen-bond donors (Lipinski definition) is 1. The van der Waals surface area contributed by atoms with Gasteiger partial charge in [-0.1, -0.05) is 60.7 Å². The predicted molar refractivity (Wildman–Crippen MR) is 107 cm³/mol. The van der Waals surface area contributed by atoms with Gasteiger partial charge in [0.1, 0.15) is 16.3 Å². The molecule has 0 saturated heterocycles. The summed E-state index contributed by atoms with van der Waals surface area (Å²) in [5, 5.41) is 23.0. The largest absolute Gasteiger partial charge is 0.433 e. The molecular formula is C20H14N6O3. The topological polar surface area (TPSA) is 119 Å². The Kier molecular flexibility index (Phi) is 5.02. The van der Waals surface area contributed by atoms with E-state index in [4.69, 9.17) is 4.42 Å². The van der Waals surface area contributed by atoms with Crippen molar-refractivity contribution >= 4 is 18.0 Å². The standard InChI is InChI=1S/C20H14N6O3/c27-26(28)17-12-11-16(29-17)13-21-24-20-22-18(14-7-3-1-4-8-14)19(23-25-20)15-9-5-2-6-10-15/h1-13H,(H,22,24,25)/b21-13+. The van der Waals surface area contributed by atoms with Crippen LogP contribution in [0.5, 0.6) is 0 Å². The Morgan fingerprint density at radius 2 is 1.55 bits per heavy atom. The Hall–Kier alpha value is -4.40. The second-order valence-electron chi connectivity index (χ2n) is 5.87. The van der Waals surface area contributed by atoms with E-state index in [-0.39, 0.29) is 17.6 Å². The van der Waals surface area contributed by atoms with Crippen LogP contribution in [-0.4, -0.2) is 26.3 Å². The molecule has 29 heavy (non-hydrogen) atoms. The van der Waals surface area contributed by atoms with Crippen LogP contribution in [-0.2, 0) is 0 Å². The number of nitrogens with one attached hydrogen (secondary N) is 1. The van der Waals surface area contributed by atoms with Crippen LogP contribution in [0.15, 0.2) is 82.3 Å². The first-order valence-corrected chi connectivity index (χ1v) is 8.59. The van der Waals surface area contributed by atoms with E-state index >= 15 is 0 Å². The Morgan fingerprint density at radius 3 is 2.17 bits per heavy atom. The van der Waals surface area contributed by atoms with Crippen LogP contribution in [0.3, 0.4) is 0 Å². The fourth-order valence-corrected chi connectivity index (χ4v) is 2.62. The lowest BCUT2D eigenvalue weighted by Gasteiger charge is -2.09. The van der Waals surface area contributed by atoms with Crippen molar-refractivity contribution in [3.63, 3.8) is 0 Å². The summed E-state index contributed by atoms with van der Waals surface area (Å²) in [6.07, 6.45) is 1.30. The van der Waals surface area contributed by atoms with Crippen LogP contribution in [0.1, 0.15) is 5.76 Å². The van der Waals surface area contributed by atoms with Crippen LogP contribution < -0.4 is 5.43 Å². The maximum absolute atomic E-state index is 10.7. The van der Waals surface area contributed by atoms with Crippen molar-refractivity contribution in [3.8, 4) is 22.5 Å². The molecule has 0 aliphatic carbocycles. The third-order valence-corrected chi connectivity index (χ3v) is 3.93. The molecular weight excluding hydrogens is 372 g/mol. The number of anilines is 1. The molecule has 9 nitrogen and oxygen atoms in total. The molecule has 9 heteroatoms. The van der Waals surface area contributed by atoms with Gasteiger partial charge in [0, 0.05) is 11.1 Å². The number of nitrogens with zero attached hydrogens (tertiary/aromatic N) is 5. The summed E-state index contributed by atoms with van der Waals surface area (Å²) < 4.78 is 5.01. The minimum absolute atomic E-state index is 0.181. The molecule has 0 radical (unpaired) electrons. The van der Waals surface area contributed by atoms with Gasteiger partial charge in [-0.15, -0.1) is 10.2 Å². The molecule has 0 saturated carbocycles. The van der Waals surface area contributed by atoms with Crippen LogP contribution in [0, 0.1) is 10.1 Å². The van der Waals surface area contributed by atoms with Crippen molar-refractivity contribution < 1.29 is 9.34 Å². The first kappa shape index (κ1) is 18.0. The van der Waals surface area contributed by atoms with Gasteiger partial charge in [0.2, 0.25) is 0 Å². The minimum atomic E-state index is -0.619. The molecule has 0 aliphatic rings. The highest BCUT2D eigenvalue weighted by Gasteiger charge is 2.13. The molecule has 0 atom stereocenters. The molecule has 4 rings (SSSR count). The molecule has 0 aliphatic heterocycles. The summed E-state index contributed by atoms with van der Waals surface area (Å²) in [5.41, 5.74) is 5.75. The number of benzene rings is 2. The zero-order chi connectivity index (χ0) is 20.1. The van der Waals surface area contributed by atoms with E-state index in [0.29, 0.717) is 11.4 Å². The molecule has 1 N–H and O–H groups in total. The molecule has 0 fully saturated rings. The van der Waals surface area contributed by atoms with Crippen LogP contribution in [0.4, 0.5) is 11.8 Å². The van der Waals surface area contributed by atoms with Crippen molar-refractivity contribution in [1.82, 2.24) is 15.2 Å². The molecule has 2 heterocycles. The summed E-state index contributed by atoms with van der Waals surface area (Å²) in [6.45, 7) is 0. The second-order valence-corrected chi connectivity index (χ2v) is 5.87. The van der Waals surface area contributed by atoms with E-state index in [0.717, 1.165) is 11.1 Å². The molecule has 142 valence electrons. The van der Waals surface area contributed by atoms with E-state index in [1.807, 2.05) is 60.7 Å². The summed E-state index contributed by atoms with van der Waals surface area (Å²) in [4.78, 5) is 14.6. The number of nitro groups is 1. The fourth-order valence-electron chi connectivity index (χ4n) is 2.62. The fraction of sp³-hybridized carbons (Fsp3) is 0. The highest BCUT2D eigenvalue weighted by molar-refractivity contribution is 5.78. The summed E-state index contributed by atoms with van der Waals surface area (Å²) in [7, 11) is 0. The average Bonchev–Trinajstić information content (AvgIpc) is 3.24. The van der Waals surface area contributed by atoms with E-state index < -0.39 is 4.92 Å². The third-order valence-electron chi connectivity index (χ3n) is 3.93. The van der Waals surface area contributed by atoms with Gasteiger partial charge in [0.05, 0.1) is 12.3 Å². The molecule has 4 aromatic rings. The van der Waals surface area contributed by atoms with Gasteiger partial charge in [-0.05, 0) is 6.07 Å². The minimum Gasteiger partial charge on any atom is -0.400 e. The molecule has 0 spiro atoms. The Balaban J connectivity index is 1.63. The normalized spacial score (nSPS) is 10.9. The number of rotatable bonds is 6. The zero-order valence-electron chi connectivity index (χ0n) is 15.0. The SMILES string of the molecule is O=[N+]([O-])c1ccc(/C=N/Nc2nnc(-c3ccccc3)c(-c3ccccc3)n2)o1. The summed E-state index contributed by atoms with van der Waals surface area (Å²) >= 11 is 0. The van der Waals surface area contributed by atoms with E-state index in [1.54, 1.807) is 0 Å². The summed E-state index contributed by atoms with van der Waals surface area (Å²) in [6, 6.07) is 22.0. The molecule has 0 bridgehead atoms. The number of aromatic nitrogens is 3. The quantitative estimate of drug-likeness (QED) is 0.300. The zero-order valence-corrected chi connectivity index (χ0v) is 15.0. The lowest BCUT2D eigenvalue weighted by Crippen LogP contribution is -2.03. The Morgan fingerprint density at radius 1 is 0.897 bits per heavy atom. The maximum Gasteiger partial charge on any atom is 0.433 e. The van der Waals surface area contributed by atoms with E-state index in [2.05, 4.69) is 25.7 Å². The average molecular weight is 386 g/mol. The molecule has 2 aromatic carbocycles. The van der Waals surface area contributed by atoms with Crippen molar-refractivity contribution in [3.05, 3.63) is 88.7 Å². The molecule has 2 aromatic heterocycles. The van der Waals surface area contributed by atoms with E-state index in [1.165, 1.54) is 18.3 Å². The number of hydrogen-bond acceptors (Lipinski definition) is 8. The predicted octanol–water partition coefficient (Wildman–Crippen LogP) is 4.15. The van der Waals surface area contributed by atoms with E-state index in [9.17, 15) is 10.1 Å². The van der Waals surface area contributed by atoms with Gasteiger partial charge in [-0.25, -0.2) is 10.4 Å². The Bertz CT molecular complexity index is 1160. The van der Waals surface area contributed by atoms with Crippen molar-refractivity contribution in [2.75, 3.05) is 5.43 Å². The van der Waals surface area contributed by atoms with Crippen molar-refractivity contribution in [2.45, 2.75) is 0 Å². The van der Waals surface area contributed by atoms with Gasteiger partial charge in [0.15, 0.2) is 5.76 Å². The van der Waals surface area contributed by atoms with Crippen LogP contribution in [0.25, 0.3) is 22.5 Å². The molecule has 0 unspecified atom stereocenters. The van der Waals surface area contributed by atoms with Crippen LogP contribution in [0.2, 0.25) is 0 Å². The lowest BCUT2D eigenvalue weighted by atomic mass is 10.0.